The minimum atomic E-state index is -0.653. The second-order valence-corrected chi connectivity index (χ2v) is 6.15. The van der Waals surface area contributed by atoms with Crippen LogP contribution in [-0.4, -0.2) is 40.5 Å². The molecule has 124 valence electrons. The zero-order chi connectivity index (χ0) is 13.8. The first-order valence-corrected chi connectivity index (χ1v) is 7.59. The molecule has 0 bridgehead atoms. The molecule has 0 aliphatic carbocycles. The number of nitrogens with one attached hydrogen (secondary N) is 2. The third-order valence-corrected chi connectivity index (χ3v) is 4.25. The van der Waals surface area contributed by atoms with Crippen molar-refractivity contribution in [1.29, 1.82) is 0 Å². The molecule has 0 radical (unpaired) electrons. The second-order valence-electron chi connectivity index (χ2n) is 5.12. The van der Waals surface area contributed by atoms with Crippen molar-refractivity contribution in [3.63, 3.8) is 0 Å². The van der Waals surface area contributed by atoms with E-state index < -0.39 is 5.60 Å². The maximum atomic E-state index is 10.2. The Balaban J connectivity index is 0.00000121. The highest BCUT2D eigenvalue weighted by Gasteiger charge is 2.30. The Kier molecular flexibility index (Phi) is 7.75. The van der Waals surface area contributed by atoms with Gasteiger partial charge in [0.05, 0.1) is 12.1 Å². The molecule has 22 heavy (non-hydrogen) atoms. The van der Waals surface area contributed by atoms with Gasteiger partial charge in [-0.25, -0.2) is 0 Å². The zero-order valence-electron chi connectivity index (χ0n) is 11.9. The Bertz CT molecular complexity index is 544. The lowest BCUT2D eigenvalue weighted by Gasteiger charge is -2.20. The molecule has 0 saturated carbocycles. The van der Waals surface area contributed by atoms with E-state index in [0.717, 1.165) is 13.0 Å². The summed E-state index contributed by atoms with van der Waals surface area (Å²) < 4.78 is 5.19. The van der Waals surface area contributed by atoms with Gasteiger partial charge in [-0.15, -0.1) is 36.2 Å². The Morgan fingerprint density at radius 1 is 1.45 bits per heavy atom. The molecule has 9 heteroatoms. The summed E-state index contributed by atoms with van der Waals surface area (Å²) in [7, 11) is 0. The number of aromatic nitrogens is 2. The normalized spacial score (nSPS) is 20.4. The predicted octanol–water partition coefficient (Wildman–Crippen LogP) is 1.38. The summed E-state index contributed by atoms with van der Waals surface area (Å²) in [5, 5.41) is 22.5. The fourth-order valence-electron chi connectivity index (χ4n) is 2.29. The summed E-state index contributed by atoms with van der Waals surface area (Å²) in [5.74, 6) is 1.26. The monoisotopic (exact) mass is 366 g/mol. The van der Waals surface area contributed by atoms with Crippen LogP contribution < -0.4 is 10.6 Å². The number of aliphatic hydroxyl groups is 1. The quantitative estimate of drug-likeness (QED) is 0.716. The van der Waals surface area contributed by atoms with Crippen molar-refractivity contribution in [2.75, 3.05) is 19.6 Å². The van der Waals surface area contributed by atoms with Gasteiger partial charge >= 0.3 is 0 Å². The zero-order valence-corrected chi connectivity index (χ0v) is 14.4. The van der Waals surface area contributed by atoms with Crippen LogP contribution in [0.25, 0.3) is 0 Å². The third-order valence-electron chi connectivity index (χ3n) is 3.37. The number of halogens is 2. The first-order chi connectivity index (χ1) is 9.73. The van der Waals surface area contributed by atoms with Gasteiger partial charge in [0.25, 0.3) is 0 Å². The minimum Gasteiger partial charge on any atom is -0.387 e. The highest BCUT2D eigenvalue weighted by molar-refractivity contribution is 7.09. The van der Waals surface area contributed by atoms with Gasteiger partial charge in [0.1, 0.15) is 0 Å². The molecule has 0 aromatic carbocycles. The van der Waals surface area contributed by atoms with Gasteiger partial charge in [-0.3, -0.25) is 0 Å². The number of hydrogen-bond acceptors (Lipinski definition) is 7. The molecule has 1 saturated heterocycles. The van der Waals surface area contributed by atoms with Crippen molar-refractivity contribution in [2.24, 2.45) is 0 Å². The Labute approximate surface area is 145 Å². The lowest BCUT2D eigenvalue weighted by Crippen LogP contribution is -2.42. The van der Waals surface area contributed by atoms with Crippen molar-refractivity contribution in [1.82, 2.24) is 20.8 Å². The van der Waals surface area contributed by atoms with Crippen LogP contribution in [0.1, 0.15) is 23.0 Å². The molecule has 3 rings (SSSR count). The minimum absolute atomic E-state index is 0. The summed E-state index contributed by atoms with van der Waals surface area (Å²) in [4.78, 5) is 5.56. The highest BCUT2D eigenvalue weighted by atomic mass is 35.5. The fraction of sp³-hybridized carbons (Fsp3) is 0.538. The standard InChI is InChI=1S/C13H18N4O2S.2ClH/c18-13(3-4-14-8-13)9-15-7-12-16-11(17-19-12)6-10-2-1-5-20-10;;/h1-2,5,14-15,18H,3-4,6-9H2;2*1H. The largest absolute Gasteiger partial charge is 0.387 e. The van der Waals surface area contributed by atoms with E-state index in [1.807, 2.05) is 11.4 Å². The second kappa shape index (κ2) is 8.81. The summed E-state index contributed by atoms with van der Waals surface area (Å²) >= 11 is 1.68. The van der Waals surface area contributed by atoms with Gasteiger partial charge in [0.15, 0.2) is 5.82 Å². The molecular formula is C13H20Cl2N4O2S. The van der Waals surface area contributed by atoms with E-state index in [4.69, 9.17) is 4.52 Å². The van der Waals surface area contributed by atoms with Crippen molar-refractivity contribution in [2.45, 2.75) is 25.0 Å². The summed E-state index contributed by atoms with van der Waals surface area (Å²) in [6, 6.07) is 4.07. The smallest absolute Gasteiger partial charge is 0.240 e. The number of rotatable bonds is 6. The summed E-state index contributed by atoms with van der Waals surface area (Å²) in [5.41, 5.74) is -0.653. The number of hydrogen-bond donors (Lipinski definition) is 3. The molecule has 1 atom stereocenters. The van der Waals surface area contributed by atoms with E-state index in [2.05, 4.69) is 26.8 Å². The first kappa shape index (κ1) is 19.3. The SMILES string of the molecule is Cl.Cl.OC1(CNCc2nc(Cc3cccs3)no2)CCNC1. The molecule has 1 aliphatic rings. The Hall–Kier alpha value is -0.700. The van der Waals surface area contributed by atoms with Crippen LogP contribution in [0, 0.1) is 0 Å². The van der Waals surface area contributed by atoms with Crippen molar-refractivity contribution in [3.8, 4) is 0 Å². The fourth-order valence-corrected chi connectivity index (χ4v) is 2.99. The molecule has 3 heterocycles. The predicted molar refractivity (Wildman–Crippen MR) is 90.1 cm³/mol. The van der Waals surface area contributed by atoms with Crippen LogP contribution in [0.5, 0.6) is 0 Å². The van der Waals surface area contributed by atoms with E-state index in [-0.39, 0.29) is 24.8 Å². The molecule has 1 unspecified atom stereocenters. The highest BCUT2D eigenvalue weighted by Crippen LogP contribution is 2.14. The molecule has 2 aromatic heterocycles. The summed E-state index contributed by atoms with van der Waals surface area (Å²) in [6.07, 6.45) is 1.47. The van der Waals surface area contributed by atoms with Crippen LogP contribution in [0.15, 0.2) is 22.0 Å². The van der Waals surface area contributed by atoms with E-state index in [9.17, 15) is 5.11 Å². The van der Waals surface area contributed by atoms with Gasteiger partial charge in [-0.05, 0) is 24.4 Å². The molecular weight excluding hydrogens is 347 g/mol. The number of β-amino-alcohol motifs (C(OH)–C–C–N with tert-alkyl or cyclic N) is 1. The molecule has 2 aromatic rings. The van der Waals surface area contributed by atoms with Gasteiger partial charge < -0.3 is 20.3 Å². The maximum Gasteiger partial charge on any atom is 0.240 e. The average Bonchev–Trinajstić information content (AvgIpc) is 3.14. The van der Waals surface area contributed by atoms with Crippen LogP contribution >= 0.6 is 36.2 Å². The van der Waals surface area contributed by atoms with Gasteiger partial charge in [-0.1, -0.05) is 11.2 Å². The van der Waals surface area contributed by atoms with Gasteiger partial charge in [0.2, 0.25) is 5.89 Å². The molecule has 6 nitrogen and oxygen atoms in total. The molecule has 3 N–H and O–H groups in total. The molecule has 1 aliphatic heterocycles. The van der Waals surface area contributed by atoms with E-state index in [1.165, 1.54) is 4.88 Å². The molecule has 1 fully saturated rings. The Morgan fingerprint density at radius 2 is 2.32 bits per heavy atom. The Morgan fingerprint density at radius 3 is 3.00 bits per heavy atom. The number of thiophene rings is 1. The van der Waals surface area contributed by atoms with Crippen LogP contribution in [0.4, 0.5) is 0 Å². The van der Waals surface area contributed by atoms with Crippen LogP contribution in [0.2, 0.25) is 0 Å². The lowest BCUT2D eigenvalue weighted by atomic mass is 10.0. The maximum absolute atomic E-state index is 10.2. The number of nitrogens with zero attached hydrogens (tertiary/aromatic N) is 2. The lowest BCUT2D eigenvalue weighted by molar-refractivity contribution is 0.0601. The van der Waals surface area contributed by atoms with E-state index in [0.29, 0.717) is 37.8 Å². The van der Waals surface area contributed by atoms with Crippen molar-refractivity contribution < 1.29 is 9.63 Å². The van der Waals surface area contributed by atoms with Crippen molar-refractivity contribution >= 4 is 36.2 Å². The van der Waals surface area contributed by atoms with Crippen LogP contribution in [-0.2, 0) is 13.0 Å². The molecule has 0 amide bonds. The van der Waals surface area contributed by atoms with Gasteiger partial charge in [-0.2, -0.15) is 4.98 Å². The van der Waals surface area contributed by atoms with Crippen molar-refractivity contribution in [3.05, 3.63) is 34.1 Å². The first-order valence-electron chi connectivity index (χ1n) is 6.71. The van der Waals surface area contributed by atoms with E-state index >= 15 is 0 Å². The van der Waals surface area contributed by atoms with Gasteiger partial charge in [0, 0.05) is 24.4 Å². The van der Waals surface area contributed by atoms with E-state index in [1.54, 1.807) is 11.3 Å². The summed E-state index contributed by atoms with van der Waals surface area (Å²) in [6.45, 7) is 2.51. The topological polar surface area (TPSA) is 83.2 Å². The van der Waals surface area contributed by atoms with Crippen LogP contribution in [0.3, 0.4) is 0 Å². The molecule has 0 spiro atoms. The average molecular weight is 367 g/mol. The third kappa shape index (κ3) is 5.19.